The van der Waals surface area contributed by atoms with Crippen LogP contribution in [0.25, 0.3) is 0 Å². The maximum absolute atomic E-state index is 12.8. The molecule has 1 aromatic heterocycles. The molecule has 4 heteroatoms. The molecule has 0 bridgehead atoms. The van der Waals surface area contributed by atoms with Gasteiger partial charge in [0.05, 0.1) is 6.04 Å². The van der Waals surface area contributed by atoms with Crippen molar-refractivity contribution in [1.82, 2.24) is 15.2 Å². The number of nitrogens with zero attached hydrogens (tertiary/aromatic N) is 2. The van der Waals surface area contributed by atoms with Crippen LogP contribution >= 0.6 is 0 Å². The Morgan fingerprint density at radius 1 is 1.23 bits per heavy atom. The number of amides is 2. The van der Waals surface area contributed by atoms with Crippen LogP contribution in [0.2, 0.25) is 0 Å². The van der Waals surface area contributed by atoms with Crippen LogP contribution in [0, 0.1) is 11.8 Å². The Labute approximate surface area is 133 Å². The zero-order chi connectivity index (χ0) is 15.5. The molecule has 120 valence electrons. The van der Waals surface area contributed by atoms with Gasteiger partial charge in [-0.3, -0.25) is 4.98 Å². The molecule has 0 unspecified atom stereocenters. The SMILES string of the molecule is CC(C)[C@H](NC(=O)N1CCC[C@@H]1C1CCC1)c1ccncc1. The van der Waals surface area contributed by atoms with Crippen LogP contribution in [0.4, 0.5) is 4.79 Å². The van der Waals surface area contributed by atoms with Gasteiger partial charge in [-0.15, -0.1) is 0 Å². The highest BCUT2D eigenvalue weighted by Crippen LogP contribution is 2.37. The van der Waals surface area contributed by atoms with E-state index in [2.05, 4.69) is 29.0 Å². The first-order chi connectivity index (χ1) is 10.7. The molecule has 2 heterocycles. The molecule has 1 aliphatic heterocycles. The standard InChI is InChI=1S/C18H27N3O/c1-13(2)17(15-8-10-19-11-9-15)20-18(22)21-12-4-7-16(21)14-5-3-6-14/h8-11,13-14,16-17H,3-7,12H2,1-2H3,(H,20,22)/t16-,17+/m1/s1. The second kappa shape index (κ2) is 6.67. The molecule has 2 atom stereocenters. The van der Waals surface area contributed by atoms with Crippen molar-refractivity contribution in [2.75, 3.05) is 6.54 Å². The number of hydrogen-bond acceptors (Lipinski definition) is 2. The molecule has 1 aliphatic carbocycles. The number of urea groups is 1. The second-order valence-electron chi connectivity index (χ2n) is 7.05. The van der Waals surface area contributed by atoms with Crippen LogP contribution in [0.3, 0.4) is 0 Å². The first-order valence-electron chi connectivity index (χ1n) is 8.64. The summed E-state index contributed by atoms with van der Waals surface area (Å²) in [5.41, 5.74) is 1.14. The van der Waals surface area contributed by atoms with Crippen molar-refractivity contribution in [3.8, 4) is 0 Å². The molecule has 2 amide bonds. The molecule has 0 radical (unpaired) electrons. The Balaban J connectivity index is 1.68. The predicted molar refractivity (Wildman–Crippen MR) is 87.4 cm³/mol. The third-order valence-electron chi connectivity index (χ3n) is 5.26. The van der Waals surface area contributed by atoms with E-state index in [1.807, 2.05) is 12.1 Å². The van der Waals surface area contributed by atoms with Crippen LogP contribution in [0.5, 0.6) is 0 Å². The minimum Gasteiger partial charge on any atom is -0.331 e. The van der Waals surface area contributed by atoms with Crippen LogP contribution < -0.4 is 5.32 Å². The summed E-state index contributed by atoms with van der Waals surface area (Å²) in [6.07, 6.45) is 9.85. The molecular weight excluding hydrogens is 274 g/mol. The van der Waals surface area contributed by atoms with E-state index < -0.39 is 0 Å². The first-order valence-corrected chi connectivity index (χ1v) is 8.64. The average molecular weight is 301 g/mol. The summed E-state index contributed by atoms with van der Waals surface area (Å²) in [5.74, 6) is 1.10. The number of nitrogens with one attached hydrogen (secondary N) is 1. The molecule has 0 aromatic carbocycles. The van der Waals surface area contributed by atoms with Gasteiger partial charge in [-0.05, 0) is 55.2 Å². The molecule has 4 nitrogen and oxygen atoms in total. The number of likely N-dealkylation sites (tertiary alicyclic amines) is 1. The van der Waals surface area contributed by atoms with Crippen molar-refractivity contribution < 1.29 is 4.79 Å². The first kappa shape index (κ1) is 15.3. The summed E-state index contributed by atoms with van der Waals surface area (Å²) in [6, 6.07) is 4.64. The summed E-state index contributed by atoms with van der Waals surface area (Å²) in [6.45, 7) is 5.21. The van der Waals surface area contributed by atoms with Crippen LogP contribution in [0.1, 0.15) is 57.6 Å². The van der Waals surface area contributed by atoms with Gasteiger partial charge in [0.25, 0.3) is 0 Å². The number of carbonyl (C=O) groups excluding carboxylic acids is 1. The smallest absolute Gasteiger partial charge is 0.318 e. The highest BCUT2D eigenvalue weighted by atomic mass is 16.2. The Bertz CT molecular complexity index is 498. The van der Waals surface area contributed by atoms with E-state index in [9.17, 15) is 4.79 Å². The second-order valence-corrected chi connectivity index (χ2v) is 7.05. The van der Waals surface area contributed by atoms with E-state index >= 15 is 0 Å². The van der Waals surface area contributed by atoms with Gasteiger partial charge in [-0.1, -0.05) is 20.3 Å². The zero-order valence-corrected chi connectivity index (χ0v) is 13.7. The maximum atomic E-state index is 12.8. The highest BCUT2D eigenvalue weighted by molar-refractivity contribution is 5.75. The summed E-state index contributed by atoms with van der Waals surface area (Å²) in [7, 11) is 0. The monoisotopic (exact) mass is 301 g/mol. The molecule has 1 saturated heterocycles. The summed E-state index contributed by atoms with van der Waals surface area (Å²) >= 11 is 0. The Hall–Kier alpha value is -1.58. The minimum atomic E-state index is 0.0538. The molecule has 2 aliphatic rings. The van der Waals surface area contributed by atoms with Gasteiger partial charge in [-0.2, -0.15) is 0 Å². The lowest BCUT2D eigenvalue weighted by atomic mass is 9.79. The van der Waals surface area contributed by atoms with Crippen LogP contribution in [0.15, 0.2) is 24.5 Å². The van der Waals surface area contributed by atoms with Gasteiger partial charge in [0.1, 0.15) is 0 Å². The van der Waals surface area contributed by atoms with E-state index in [1.165, 1.54) is 25.7 Å². The lowest BCUT2D eigenvalue weighted by Crippen LogP contribution is -2.48. The molecular formula is C18H27N3O. The van der Waals surface area contributed by atoms with E-state index in [-0.39, 0.29) is 12.1 Å². The number of carbonyl (C=O) groups is 1. The van der Waals surface area contributed by atoms with Crippen molar-refractivity contribution in [2.24, 2.45) is 11.8 Å². The van der Waals surface area contributed by atoms with Crippen molar-refractivity contribution in [3.05, 3.63) is 30.1 Å². The zero-order valence-electron chi connectivity index (χ0n) is 13.7. The fourth-order valence-corrected chi connectivity index (χ4v) is 3.78. The van der Waals surface area contributed by atoms with Crippen LogP contribution in [-0.2, 0) is 0 Å². The summed E-state index contributed by atoms with van der Waals surface area (Å²) in [5, 5.41) is 3.27. The fraction of sp³-hybridized carbons (Fsp3) is 0.667. The Morgan fingerprint density at radius 3 is 2.55 bits per heavy atom. The fourth-order valence-electron chi connectivity index (χ4n) is 3.78. The van der Waals surface area contributed by atoms with E-state index in [1.54, 1.807) is 12.4 Å². The number of aromatic nitrogens is 1. The van der Waals surface area contributed by atoms with Gasteiger partial charge in [0.15, 0.2) is 0 Å². The molecule has 22 heavy (non-hydrogen) atoms. The average Bonchev–Trinajstić information content (AvgIpc) is 2.92. The molecule has 1 aromatic rings. The van der Waals surface area contributed by atoms with E-state index in [0.29, 0.717) is 12.0 Å². The third kappa shape index (κ3) is 3.11. The number of pyridine rings is 1. The number of hydrogen-bond donors (Lipinski definition) is 1. The van der Waals surface area contributed by atoms with E-state index in [0.717, 1.165) is 24.4 Å². The largest absolute Gasteiger partial charge is 0.331 e. The van der Waals surface area contributed by atoms with Crippen molar-refractivity contribution >= 4 is 6.03 Å². The van der Waals surface area contributed by atoms with Crippen molar-refractivity contribution in [1.29, 1.82) is 0 Å². The Kier molecular flexibility index (Phi) is 4.65. The topological polar surface area (TPSA) is 45.2 Å². The predicted octanol–water partition coefficient (Wildman–Crippen LogP) is 3.75. The molecule has 3 rings (SSSR count). The molecule has 1 saturated carbocycles. The van der Waals surface area contributed by atoms with E-state index in [4.69, 9.17) is 0 Å². The Morgan fingerprint density at radius 2 is 1.95 bits per heavy atom. The van der Waals surface area contributed by atoms with Crippen molar-refractivity contribution in [3.63, 3.8) is 0 Å². The molecule has 1 N–H and O–H groups in total. The number of rotatable bonds is 4. The van der Waals surface area contributed by atoms with Gasteiger partial charge in [-0.25, -0.2) is 4.79 Å². The normalized spacial score (nSPS) is 23.4. The van der Waals surface area contributed by atoms with Crippen molar-refractivity contribution in [2.45, 2.75) is 58.0 Å². The summed E-state index contributed by atoms with van der Waals surface area (Å²) < 4.78 is 0. The molecule has 2 fully saturated rings. The lowest BCUT2D eigenvalue weighted by Gasteiger charge is -2.38. The lowest BCUT2D eigenvalue weighted by molar-refractivity contribution is 0.135. The third-order valence-corrected chi connectivity index (χ3v) is 5.26. The minimum absolute atomic E-state index is 0.0538. The maximum Gasteiger partial charge on any atom is 0.318 e. The quantitative estimate of drug-likeness (QED) is 0.920. The van der Waals surface area contributed by atoms with Crippen LogP contribution in [-0.4, -0.2) is 28.5 Å². The van der Waals surface area contributed by atoms with Gasteiger partial charge in [0.2, 0.25) is 0 Å². The summed E-state index contributed by atoms with van der Waals surface area (Å²) in [4.78, 5) is 19.0. The van der Waals surface area contributed by atoms with Gasteiger partial charge < -0.3 is 10.2 Å². The van der Waals surface area contributed by atoms with Gasteiger partial charge in [0, 0.05) is 25.0 Å². The highest BCUT2D eigenvalue weighted by Gasteiger charge is 2.37. The molecule has 0 spiro atoms. The van der Waals surface area contributed by atoms with Gasteiger partial charge >= 0.3 is 6.03 Å².